The predicted molar refractivity (Wildman–Crippen MR) is 75.9 cm³/mol. The molecule has 0 bridgehead atoms. The summed E-state index contributed by atoms with van der Waals surface area (Å²) in [5.74, 6) is 0.896. The summed E-state index contributed by atoms with van der Waals surface area (Å²) in [6.45, 7) is 5.10. The van der Waals surface area contributed by atoms with Gasteiger partial charge < -0.3 is 9.84 Å². The Balaban J connectivity index is 2.38. The number of rotatable bonds is 9. The molecule has 2 heteroatoms. The first-order chi connectivity index (χ1) is 8.77. The molecule has 1 unspecified atom stereocenters. The summed E-state index contributed by atoms with van der Waals surface area (Å²) in [4.78, 5) is 0. The van der Waals surface area contributed by atoms with E-state index in [1.165, 1.54) is 12.8 Å². The lowest BCUT2D eigenvalue weighted by molar-refractivity contribution is 0.163. The van der Waals surface area contributed by atoms with Crippen molar-refractivity contribution in [3.05, 3.63) is 29.8 Å². The fourth-order valence-electron chi connectivity index (χ4n) is 1.87. The molecule has 0 fully saturated rings. The molecule has 0 saturated carbocycles. The van der Waals surface area contributed by atoms with E-state index in [0.717, 1.165) is 43.6 Å². The van der Waals surface area contributed by atoms with Gasteiger partial charge in [-0.2, -0.15) is 0 Å². The highest BCUT2D eigenvalue weighted by molar-refractivity contribution is 5.28. The van der Waals surface area contributed by atoms with Crippen LogP contribution in [0.3, 0.4) is 0 Å². The summed E-state index contributed by atoms with van der Waals surface area (Å²) in [5, 5.41) is 10.0. The molecule has 1 N–H and O–H groups in total. The van der Waals surface area contributed by atoms with Crippen LogP contribution in [0.5, 0.6) is 5.75 Å². The Bertz CT molecular complexity index is 305. The third-order valence-corrected chi connectivity index (χ3v) is 3.11. The minimum absolute atomic E-state index is 0.332. The van der Waals surface area contributed by atoms with Crippen LogP contribution in [0, 0.1) is 0 Å². The van der Waals surface area contributed by atoms with E-state index in [1.807, 2.05) is 24.3 Å². The Hall–Kier alpha value is -1.02. The van der Waals surface area contributed by atoms with E-state index in [4.69, 9.17) is 4.74 Å². The standard InChI is InChI=1S/C16H26O2/c1-3-5-7-8-16(17)14-9-11-15(12-10-14)18-13-6-4-2/h9-12,16-17H,3-8,13H2,1-2H3. The normalized spacial score (nSPS) is 12.4. The Kier molecular flexibility index (Phi) is 7.51. The molecule has 0 radical (unpaired) electrons. The van der Waals surface area contributed by atoms with Crippen molar-refractivity contribution in [2.45, 2.75) is 58.5 Å². The summed E-state index contributed by atoms with van der Waals surface area (Å²) in [6, 6.07) is 7.85. The van der Waals surface area contributed by atoms with Crippen LogP contribution in [-0.4, -0.2) is 11.7 Å². The average molecular weight is 250 g/mol. The van der Waals surface area contributed by atoms with Crippen molar-refractivity contribution in [2.75, 3.05) is 6.61 Å². The number of unbranched alkanes of at least 4 members (excludes halogenated alkanes) is 3. The quantitative estimate of drug-likeness (QED) is 0.655. The molecule has 0 aliphatic carbocycles. The Morgan fingerprint density at radius 1 is 1.00 bits per heavy atom. The van der Waals surface area contributed by atoms with Crippen LogP contribution in [-0.2, 0) is 0 Å². The van der Waals surface area contributed by atoms with Crippen molar-refractivity contribution in [1.82, 2.24) is 0 Å². The maximum atomic E-state index is 10.0. The van der Waals surface area contributed by atoms with E-state index in [2.05, 4.69) is 13.8 Å². The first-order valence-corrected chi connectivity index (χ1v) is 7.18. The predicted octanol–water partition coefficient (Wildman–Crippen LogP) is 4.48. The number of hydrogen-bond donors (Lipinski definition) is 1. The highest BCUT2D eigenvalue weighted by Crippen LogP contribution is 2.22. The van der Waals surface area contributed by atoms with Gasteiger partial charge in [0.2, 0.25) is 0 Å². The van der Waals surface area contributed by atoms with E-state index in [1.54, 1.807) is 0 Å². The second-order valence-electron chi connectivity index (χ2n) is 4.78. The topological polar surface area (TPSA) is 29.5 Å². The first kappa shape index (κ1) is 15.0. The molecule has 1 atom stereocenters. The van der Waals surface area contributed by atoms with E-state index < -0.39 is 0 Å². The molecule has 0 spiro atoms. The van der Waals surface area contributed by atoms with Gasteiger partial charge in [0.1, 0.15) is 5.75 Å². The average Bonchev–Trinajstić information content (AvgIpc) is 2.40. The molecule has 2 nitrogen and oxygen atoms in total. The molecule has 1 rings (SSSR count). The smallest absolute Gasteiger partial charge is 0.119 e. The van der Waals surface area contributed by atoms with Crippen LogP contribution in [0.25, 0.3) is 0 Å². The van der Waals surface area contributed by atoms with Gasteiger partial charge in [0.25, 0.3) is 0 Å². The minimum atomic E-state index is -0.332. The van der Waals surface area contributed by atoms with Crippen molar-refractivity contribution < 1.29 is 9.84 Å². The van der Waals surface area contributed by atoms with Gasteiger partial charge in [-0.25, -0.2) is 0 Å². The lowest BCUT2D eigenvalue weighted by Crippen LogP contribution is -1.99. The van der Waals surface area contributed by atoms with Gasteiger partial charge in [0.05, 0.1) is 12.7 Å². The van der Waals surface area contributed by atoms with E-state index in [0.29, 0.717) is 0 Å². The molecular weight excluding hydrogens is 224 g/mol. The Morgan fingerprint density at radius 3 is 2.28 bits per heavy atom. The number of benzene rings is 1. The van der Waals surface area contributed by atoms with E-state index in [-0.39, 0.29) is 6.10 Å². The van der Waals surface area contributed by atoms with Crippen molar-refractivity contribution in [1.29, 1.82) is 0 Å². The molecule has 0 aromatic heterocycles. The van der Waals surface area contributed by atoms with Crippen LogP contribution in [0.2, 0.25) is 0 Å². The van der Waals surface area contributed by atoms with E-state index in [9.17, 15) is 5.11 Å². The Morgan fingerprint density at radius 2 is 1.67 bits per heavy atom. The van der Waals surface area contributed by atoms with Crippen LogP contribution in [0.4, 0.5) is 0 Å². The minimum Gasteiger partial charge on any atom is -0.494 e. The molecule has 102 valence electrons. The molecule has 1 aromatic rings. The number of hydrogen-bond acceptors (Lipinski definition) is 2. The zero-order valence-electron chi connectivity index (χ0n) is 11.7. The number of ether oxygens (including phenoxy) is 1. The summed E-state index contributed by atoms with van der Waals surface area (Å²) in [6.07, 6.45) is 6.22. The van der Waals surface area contributed by atoms with Crippen molar-refractivity contribution in [3.63, 3.8) is 0 Å². The molecule has 0 amide bonds. The summed E-state index contributed by atoms with van der Waals surface area (Å²) in [5.41, 5.74) is 0.994. The van der Waals surface area contributed by atoms with Crippen LogP contribution >= 0.6 is 0 Å². The van der Waals surface area contributed by atoms with Crippen LogP contribution in [0.1, 0.15) is 64.0 Å². The van der Waals surface area contributed by atoms with Crippen LogP contribution < -0.4 is 4.74 Å². The SMILES string of the molecule is CCCCCC(O)c1ccc(OCCCC)cc1. The molecule has 0 saturated heterocycles. The van der Waals surface area contributed by atoms with Crippen molar-refractivity contribution in [3.8, 4) is 5.75 Å². The van der Waals surface area contributed by atoms with Gasteiger partial charge in [0, 0.05) is 0 Å². The third-order valence-electron chi connectivity index (χ3n) is 3.11. The van der Waals surface area contributed by atoms with Gasteiger partial charge in [-0.1, -0.05) is 51.7 Å². The number of aliphatic hydroxyl groups is 1. The van der Waals surface area contributed by atoms with Crippen molar-refractivity contribution >= 4 is 0 Å². The monoisotopic (exact) mass is 250 g/mol. The zero-order chi connectivity index (χ0) is 13.2. The van der Waals surface area contributed by atoms with Gasteiger partial charge in [0.15, 0.2) is 0 Å². The lowest BCUT2D eigenvalue weighted by Gasteiger charge is -2.11. The fraction of sp³-hybridized carbons (Fsp3) is 0.625. The molecule has 1 aromatic carbocycles. The molecule has 0 heterocycles. The summed E-state index contributed by atoms with van der Waals surface area (Å²) >= 11 is 0. The summed E-state index contributed by atoms with van der Waals surface area (Å²) in [7, 11) is 0. The maximum Gasteiger partial charge on any atom is 0.119 e. The van der Waals surface area contributed by atoms with Gasteiger partial charge in [-0.05, 0) is 30.5 Å². The number of aliphatic hydroxyl groups excluding tert-OH is 1. The zero-order valence-corrected chi connectivity index (χ0v) is 11.7. The summed E-state index contributed by atoms with van der Waals surface area (Å²) < 4.78 is 5.60. The fourth-order valence-corrected chi connectivity index (χ4v) is 1.87. The highest BCUT2D eigenvalue weighted by Gasteiger charge is 2.06. The molecule has 0 aliphatic heterocycles. The second-order valence-corrected chi connectivity index (χ2v) is 4.78. The Labute approximate surface area is 111 Å². The molecular formula is C16H26O2. The third kappa shape index (κ3) is 5.54. The highest BCUT2D eigenvalue weighted by atomic mass is 16.5. The molecule has 18 heavy (non-hydrogen) atoms. The molecule has 0 aliphatic rings. The van der Waals surface area contributed by atoms with Crippen LogP contribution in [0.15, 0.2) is 24.3 Å². The van der Waals surface area contributed by atoms with Gasteiger partial charge in [-0.3, -0.25) is 0 Å². The van der Waals surface area contributed by atoms with Crippen molar-refractivity contribution in [2.24, 2.45) is 0 Å². The largest absolute Gasteiger partial charge is 0.494 e. The van der Waals surface area contributed by atoms with Gasteiger partial charge >= 0.3 is 0 Å². The maximum absolute atomic E-state index is 10.0. The lowest BCUT2D eigenvalue weighted by atomic mass is 10.0. The first-order valence-electron chi connectivity index (χ1n) is 7.18. The van der Waals surface area contributed by atoms with E-state index >= 15 is 0 Å². The second kappa shape index (κ2) is 8.98. The van der Waals surface area contributed by atoms with Gasteiger partial charge in [-0.15, -0.1) is 0 Å².